The maximum absolute atomic E-state index is 12.2. The number of carbonyl (C=O) groups excluding carboxylic acids is 2. The Morgan fingerprint density at radius 3 is 2.24 bits per heavy atom. The van der Waals surface area contributed by atoms with Gasteiger partial charge in [-0.2, -0.15) is 0 Å². The summed E-state index contributed by atoms with van der Waals surface area (Å²) in [4.78, 5) is 27.9. The van der Waals surface area contributed by atoms with Crippen LogP contribution >= 0.6 is 0 Å². The van der Waals surface area contributed by atoms with Crippen LogP contribution in [0, 0.1) is 5.41 Å². The minimum atomic E-state index is -0.174. The van der Waals surface area contributed by atoms with E-state index in [1.54, 1.807) is 36.7 Å². The summed E-state index contributed by atoms with van der Waals surface area (Å²) in [6.45, 7) is 6.83. The lowest BCUT2D eigenvalue weighted by atomic mass is 9.90. The van der Waals surface area contributed by atoms with Gasteiger partial charge in [-0.15, -0.1) is 0 Å². The number of rotatable bonds is 6. The molecule has 0 saturated heterocycles. The van der Waals surface area contributed by atoms with Gasteiger partial charge < -0.3 is 10.6 Å². The van der Waals surface area contributed by atoms with E-state index in [2.05, 4.69) is 36.4 Å². The Bertz CT molecular complexity index is 704. The monoisotopic (exact) mass is 339 g/mol. The fourth-order valence-electron chi connectivity index (χ4n) is 2.19. The fraction of sp³-hybridized carbons (Fsp3) is 0.350. The van der Waals surface area contributed by atoms with Gasteiger partial charge in [-0.25, -0.2) is 0 Å². The van der Waals surface area contributed by atoms with Gasteiger partial charge in [0.1, 0.15) is 0 Å². The highest BCUT2D eigenvalue weighted by Crippen LogP contribution is 2.20. The summed E-state index contributed by atoms with van der Waals surface area (Å²) < 4.78 is 0. The van der Waals surface area contributed by atoms with E-state index in [-0.39, 0.29) is 17.2 Å². The predicted octanol–water partition coefficient (Wildman–Crippen LogP) is 3.78. The van der Waals surface area contributed by atoms with Crippen molar-refractivity contribution in [2.45, 2.75) is 40.2 Å². The van der Waals surface area contributed by atoms with E-state index in [0.717, 1.165) is 12.0 Å². The van der Waals surface area contributed by atoms with E-state index in [9.17, 15) is 9.59 Å². The lowest BCUT2D eigenvalue weighted by molar-refractivity contribution is -0.121. The van der Waals surface area contributed by atoms with Crippen molar-refractivity contribution in [3.05, 3.63) is 59.9 Å². The average molecular weight is 339 g/mol. The lowest BCUT2D eigenvalue weighted by Gasteiger charge is -2.17. The third kappa shape index (κ3) is 6.75. The molecule has 0 fully saturated rings. The van der Waals surface area contributed by atoms with Crippen LogP contribution in [0.15, 0.2) is 48.8 Å². The molecule has 0 aliphatic carbocycles. The Morgan fingerprint density at radius 1 is 1.00 bits per heavy atom. The van der Waals surface area contributed by atoms with Crippen molar-refractivity contribution < 1.29 is 9.59 Å². The normalized spacial score (nSPS) is 11.0. The highest BCUT2D eigenvalue weighted by Gasteiger charge is 2.12. The molecule has 2 N–H and O–H groups in total. The zero-order valence-corrected chi connectivity index (χ0v) is 15.0. The number of nitrogens with zero attached hydrogens (tertiary/aromatic N) is 1. The summed E-state index contributed by atoms with van der Waals surface area (Å²) in [5.74, 6) is -0.124. The summed E-state index contributed by atoms with van der Waals surface area (Å²) in [5, 5.41) is 5.72. The van der Waals surface area contributed by atoms with Gasteiger partial charge in [0.2, 0.25) is 5.91 Å². The van der Waals surface area contributed by atoms with E-state index < -0.39 is 0 Å². The number of amides is 2. The maximum Gasteiger partial charge on any atom is 0.255 e. The molecule has 0 aliphatic heterocycles. The third-order valence-corrected chi connectivity index (χ3v) is 3.75. The van der Waals surface area contributed by atoms with Gasteiger partial charge in [0.05, 0.1) is 0 Å². The number of benzene rings is 1. The Hall–Kier alpha value is -2.69. The molecule has 0 saturated carbocycles. The van der Waals surface area contributed by atoms with Crippen molar-refractivity contribution in [3.8, 4) is 0 Å². The zero-order chi connectivity index (χ0) is 18.3. The Balaban J connectivity index is 1.83. The van der Waals surface area contributed by atoms with E-state index in [1.165, 1.54) is 0 Å². The summed E-state index contributed by atoms with van der Waals surface area (Å²) >= 11 is 0. The molecule has 132 valence electrons. The molecule has 5 nitrogen and oxygen atoms in total. The van der Waals surface area contributed by atoms with E-state index in [4.69, 9.17) is 0 Å². The van der Waals surface area contributed by atoms with Crippen LogP contribution in [0.1, 0.15) is 49.5 Å². The van der Waals surface area contributed by atoms with Crippen molar-refractivity contribution in [2.75, 3.05) is 5.32 Å². The number of aromatic nitrogens is 1. The largest absolute Gasteiger partial charge is 0.352 e. The van der Waals surface area contributed by atoms with Crippen molar-refractivity contribution in [3.63, 3.8) is 0 Å². The smallest absolute Gasteiger partial charge is 0.255 e. The molecule has 2 aromatic rings. The topological polar surface area (TPSA) is 71.1 Å². The second-order valence-corrected chi connectivity index (χ2v) is 7.22. The second-order valence-electron chi connectivity index (χ2n) is 7.22. The molecule has 1 aromatic carbocycles. The van der Waals surface area contributed by atoms with Crippen LogP contribution in [0.5, 0.6) is 0 Å². The summed E-state index contributed by atoms with van der Waals surface area (Å²) in [6, 6.07) is 10.7. The Morgan fingerprint density at radius 2 is 1.64 bits per heavy atom. The van der Waals surface area contributed by atoms with Gasteiger partial charge in [-0.1, -0.05) is 32.9 Å². The molecule has 1 heterocycles. The van der Waals surface area contributed by atoms with Gasteiger partial charge >= 0.3 is 0 Å². The Kier molecular flexibility index (Phi) is 6.28. The van der Waals surface area contributed by atoms with Crippen LogP contribution in [-0.4, -0.2) is 16.8 Å². The summed E-state index contributed by atoms with van der Waals surface area (Å²) in [5.41, 5.74) is 2.39. The molecule has 2 rings (SSSR count). The average Bonchev–Trinajstić information content (AvgIpc) is 2.59. The number of hydrogen-bond donors (Lipinski definition) is 2. The van der Waals surface area contributed by atoms with Gasteiger partial charge in [0.25, 0.3) is 5.91 Å². The number of hydrogen-bond acceptors (Lipinski definition) is 3. The first-order valence-corrected chi connectivity index (χ1v) is 8.40. The highest BCUT2D eigenvalue weighted by atomic mass is 16.2. The molecule has 5 heteroatoms. The van der Waals surface area contributed by atoms with Gasteiger partial charge in [0, 0.05) is 36.6 Å². The van der Waals surface area contributed by atoms with Crippen molar-refractivity contribution in [1.82, 2.24) is 10.3 Å². The zero-order valence-electron chi connectivity index (χ0n) is 15.0. The Labute approximate surface area is 148 Å². The standard InChI is InChI=1S/C20H25N3O2/c1-20(2,3)11-8-18(24)22-14-15-4-6-16(7-5-15)19(25)23-17-9-12-21-13-10-17/h4-7,9-10,12-13H,8,11,14H2,1-3H3,(H,22,24)(H,21,23,25). The fourth-order valence-corrected chi connectivity index (χ4v) is 2.19. The minimum Gasteiger partial charge on any atom is -0.352 e. The van der Waals surface area contributed by atoms with Crippen LogP contribution in [0.25, 0.3) is 0 Å². The SMILES string of the molecule is CC(C)(C)CCC(=O)NCc1ccc(C(=O)Nc2ccncc2)cc1. The molecule has 2 amide bonds. The first-order chi connectivity index (χ1) is 11.8. The van der Waals surface area contributed by atoms with Crippen molar-refractivity contribution >= 4 is 17.5 Å². The van der Waals surface area contributed by atoms with Crippen molar-refractivity contribution in [1.29, 1.82) is 0 Å². The van der Waals surface area contributed by atoms with E-state index in [1.807, 2.05) is 12.1 Å². The predicted molar refractivity (Wildman–Crippen MR) is 99.2 cm³/mol. The minimum absolute atomic E-state index is 0.0504. The van der Waals surface area contributed by atoms with Gasteiger partial charge in [-0.05, 0) is 41.7 Å². The molecule has 25 heavy (non-hydrogen) atoms. The van der Waals surface area contributed by atoms with E-state index in [0.29, 0.717) is 24.2 Å². The molecule has 0 bridgehead atoms. The quantitative estimate of drug-likeness (QED) is 0.841. The number of pyridine rings is 1. The summed E-state index contributed by atoms with van der Waals surface area (Å²) in [7, 11) is 0. The van der Waals surface area contributed by atoms with Gasteiger partial charge in [0.15, 0.2) is 0 Å². The number of anilines is 1. The molecule has 0 unspecified atom stereocenters. The summed E-state index contributed by atoms with van der Waals surface area (Å²) in [6.07, 6.45) is 4.63. The van der Waals surface area contributed by atoms with Crippen LogP contribution in [0.2, 0.25) is 0 Å². The molecular weight excluding hydrogens is 314 g/mol. The first kappa shape index (κ1) is 18.6. The first-order valence-electron chi connectivity index (χ1n) is 8.40. The third-order valence-electron chi connectivity index (χ3n) is 3.75. The molecule has 0 spiro atoms. The lowest BCUT2D eigenvalue weighted by Crippen LogP contribution is -2.24. The molecule has 0 atom stereocenters. The highest BCUT2D eigenvalue weighted by molar-refractivity contribution is 6.04. The number of carbonyl (C=O) groups is 2. The molecule has 0 radical (unpaired) electrons. The van der Waals surface area contributed by atoms with Gasteiger partial charge in [-0.3, -0.25) is 14.6 Å². The van der Waals surface area contributed by atoms with Crippen LogP contribution in [0.3, 0.4) is 0 Å². The number of nitrogens with one attached hydrogen (secondary N) is 2. The van der Waals surface area contributed by atoms with Crippen LogP contribution in [-0.2, 0) is 11.3 Å². The molecular formula is C20H25N3O2. The van der Waals surface area contributed by atoms with E-state index >= 15 is 0 Å². The van der Waals surface area contributed by atoms with Crippen LogP contribution < -0.4 is 10.6 Å². The second kappa shape index (κ2) is 8.42. The molecule has 1 aromatic heterocycles. The molecule has 0 aliphatic rings. The maximum atomic E-state index is 12.2. The van der Waals surface area contributed by atoms with Crippen molar-refractivity contribution in [2.24, 2.45) is 5.41 Å². The van der Waals surface area contributed by atoms with Crippen LogP contribution in [0.4, 0.5) is 5.69 Å².